The number of likely N-dealkylation sites (tertiary alicyclic amines) is 2. The molecule has 0 unspecified atom stereocenters. The van der Waals surface area contributed by atoms with Crippen molar-refractivity contribution in [2.45, 2.75) is 31.8 Å². The fourth-order valence-corrected chi connectivity index (χ4v) is 3.99. The van der Waals surface area contributed by atoms with Crippen LogP contribution in [-0.2, 0) is 4.79 Å². The highest BCUT2D eigenvalue weighted by molar-refractivity contribution is 6.31. The Morgan fingerprint density at radius 3 is 2.69 bits per heavy atom. The topological polar surface area (TPSA) is 45.7 Å². The quantitative estimate of drug-likeness (QED) is 0.824. The molecular weight excluding hydrogens is 350 g/mol. The molecule has 0 aliphatic carbocycles. The van der Waals surface area contributed by atoms with Crippen LogP contribution in [0.1, 0.15) is 25.7 Å². The number of amides is 1. The number of carbonyl (C=O) groups is 1. The fourth-order valence-electron chi connectivity index (χ4n) is 3.82. The van der Waals surface area contributed by atoms with E-state index in [1.807, 2.05) is 29.2 Å². The smallest absolute Gasteiger partial charge is 0.236 e. The molecule has 0 radical (unpaired) electrons. The first-order valence-corrected chi connectivity index (χ1v) is 9.78. The van der Waals surface area contributed by atoms with Crippen molar-refractivity contribution in [3.8, 4) is 5.75 Å². The molecule has 138 valence electrons. The maximum absolute atomic E-state index is 12.3. The van der Waals surface area contributed by atoms with Gasteiger partial charge < -0.3 is 9.64 Å². The highest BCUT2D eigenvalue weighted by Gasteiger charge is 2.25. The van der Waals surface area contributed by atoms with Crippen LogP contribution in [0.15, 0.2) is 30.5 Å². The zero-order valence-electron chi connectivity index (χ0n) is 14.9. The van der Waals surface area contributed by atoms with Gasteiger partial charge in [0.25, 0.3) is 0 Å². The summed E-state index contributed by atoms with van der Waals surface area (Å²) in [7, 11) is 0. The maximum Gasteiger partial charge on any atom is 0.236 e. The van der Waals surface area contributed by atoms with E-state index < -0.39 is 0 Å². The molecule has 6 heteroatoms. The summed E-state index contributed by atoms with van der Waals surface area (Å²) >= 11 is 6.05. The molecule has 2 fully saturated rings. The third-order valence-electron chi connectivity index (χ3n) is 5.31. The minimum atomic E-state index is 0.175. The zero-order valence-corrected chi connectivity index (χ0v) is 15.6. The van der Waals surface area contributed by atoms with E-state index in [1.54, 1.807) is 6.20 Å². The fraction of sp³-hybridized carbons (Fsp3) is 0.500. The van der Waals surface area contributed by atoms with Gasteiger partial charge >= 0.3 is 0 Å². The number of halogens is 1. The van der Waals surface area contributed by atoms with Crippen LogP contribution in [0, 0.1) is 0 Å². The van der Waals surface area contributed by atoms with E-state index >= 15 is 0 Å². The minimum Gasteiger partial charge on any atom is -0.490 e. The van der Waals surface area contributed by atoms with E-state index in [-0.39, 0.29) is 12.0 Å². The van der Waals surface area contributed by atoms with Crippen molar-refractivity contribution in [2.75, 3.05) is 32.7 Å². The van der Waals surface area contributed by atoms with E-state index in [1.165, 1.54) is 0 Å². The van der Waals surface area contributed by atoms with Gasteiger partial charge in [0.2, 0.25) is 5.91 Å². The second-order valence-corrected chi connectivity index (χ2v) is 7.59. The molecule has 0 saturated carbocycles. The first-order valence-electron chi connectivity index (χ1n) is 9.40. The average molecular weight is 374 g/mol. The number of benzene rings is 1. The normalized spacial score (nSPS) is 19.2. The first kappa shape index (κ1) is 17.6. The lowest BCUT2D eigenvalue weighted by atomic mass is 10.1. The molecule has 2 saturated heterocycles. The van der Waals surface area contributed by atoms with E-state index in [0.717, 1.165) is 68.5 Å². The Morgan fingerprint density at radius 1 is 1.15 bits per heavy atom. The van der Waals surface area contributed by atoms with Crippen molar-refractivity contribution in [1.29, 1.82) is 0 Å². The molecule has 0 spiro atoms. The summed E-state index contributed by atoms with van der Waals surface area (Å²) in [6.45, 7) is 4.21. The van der Waals surface area contributed by atoms with Gasteiger partial charge in [-0.15, -0.1) is 0 Å². The molecule has 3 heterocycles. The molecular formula is C20H24ClN3O2. The number of pyridine rings is 1. The van der Waals surface area contributed by atoms with Crippen molar-refractivity contribution in [2.24, 2.45) is 0 Å². The number of aromatic nitrogens is 1. The van der Waals surface area contributed by atoms with Gasteiger partial charge in [-0.3, -0.25) is 14.7 Å². The molecule has 1 aromatic carbocycles. The van der Waals surface area contributed by atoms with E-state index in [2.05, 4.69) is 9.88 Å². The molecule has 0 atom stereocenters. The minimum absolute atomic E-state index is 0.175. The number of fused-ring (bicyclic) bond motifs is 1. The van der Waals surface area contributed by atoms with Gasteiger partial charge in [-0.25, -0.2) is 0 Å². The lowest BCUT2D eigenvalue weighted by molar-refractivity contribution is -0.131. The van der Waals surface area contributed by atoms with Crippen molar-refractivity contribution in [3.63, 3.8) is 0 Å². The molecule has 0 N–H and O–H groups in total. The molecule has 2 aromatic rings. The van der Waals surface area contributed by atoms with Gasteiger partial charge in [0.1, 0.15) is 11.9 Å². The summed E-state index contributed by atoms with van der Waals surface area (Å²) < 4.78 is 6.26. The van der Waals surface area contributed by atoms with Crippen LogP contribution >= 0.6 is 11.6 Å². The number of hydrogen-bond acceptors (Lipinski definition) is 4. The molecule has 4 rings (SSSR count). The number of ether oxygens (including phenoxy) is 1. The van der Waals surface area contributed by atoms with Crippen molar-refractivity contribution >= 4 is 28.4 Å². The Hall–Kier alpha value is -1.85. The van der Waals surface area contributed by atoms with Gasteiger partial charge in [-0.05, 0) is 49.9 Å². The Balaban J connectivity index is 1.33. The Morgan fingerprint density at radius 2 is 1.92 bits per heavy atom. The summed E-state index contributed by atoms with van der Waals surface area (Å²) in [6.07, 6.45) is 6.10. The molecule has 1 amide bonds. The van der Waals surface area contributed by atoms with Crippen LogP contribution < -0.4 is 4.74 Å². The van der Waals surface area contributed by atoms with Crippen LogP contribution in [0.3, 0.4) is 0 Å². The van der Waals surface area contributed by atoms with E-state index in [9.17, 15) is 4.79 Å². The standard InChI is InChI=1S/C20H24ClN3O2/c21-15-3-4-17-18(13-15)22-8-5-19(17)26-16-6-11-23(12-7-16)14-20(25)24-9-1-2-10-24/h3-5,8,13,16H,1-2,6-7,9-12,14H2. The number of carbonyl (C=O) groups excluding carboxylic acids is 1. The number of piperidine rings is 1. The largest absolute Gasteiger partial charge is 0.490 e. The molecule has 2 aliphatic heterocycles. The monoisotopic (exact) mass is 373 g/mol. The van der Waals surface area contributed by atoms with Gasteiger partial charge in [-0.1, -0.05) is 11.6 Å². The predicted molar refractivity (Wildman–Crippen MR) is 103 cm³/mol. The number of rotatable bonds is 4. The summed E-state index contributed by atoms with van der Waals surface area (Å²) in [5, 5.41) is 1.67. The maximum atomic E-state index is 12.3. The average Bonchev–Trinajstić information content (AvgIpc) is 3.18. The highest BCUT2D eigenvalue weighted by atomic mass is 35.5. The SMILES string of the molecule is O=C(CN1CCC(Oc2ccnc3cc(Cl)ccc23)CC1)N1CCCC1. The van der Waals surface area contributed by atoms with Gasteiger partial charge in [0.15, 0.2) is 0 Å². The predicted octanol–water partition coefficient (Wildman–Crippen LogP) is 3.35. The summed E-state index contributed by atoms with van der Waals surface area (Å²) in [4.78, 5) is 20.9. The molecule has 2 aliphatic rings. The van der Waals surface area contributed by atoms with Crippen LogP contribution in [0.2, 0.25) is 5.02 Å². The Kier molecular flexibility index (Phi) is 5.27. The molecule has 0 bridgehead atoms. The number of hydrogen-bond donors (Lipinski definition) is 0. The Labute approximate surface area is 158 Å². The van der Waals surface area contributed by atoms with Crippen molar-refractivity contribution in [3.05, 3.63) is 35.5 Å². The van der Waals surface area contributed by atoms with E-state index in [0.29, 0.717) is 11.6 Å². The summed E-state index contributed by atoms with van der Waals surface area (Å²) in [5.41, 5.74) is 0.851. The van der Waals surface area contributed by atoms with Crippen LogP contribution in [-0.4, -0.2) is 59.5 Å². The Bertz CT molecular complexity index is 784. The zero-order chi connectivity index (χ0) is 17.9. The first-order chi connectivity index (χ1) is 12.7. The molecule has 26 heavy (non-hydrogen) atoms. The van der Waals surface area contributed by atoms with Gasteiger partial charge in [0, 0.05) is 42.8 Å². The summed E-state index contributed by atoms with van der Waals surface area (Å²) in [5.74, 6) is 1.14. The molecule has 5 nitrogen and oxygen atoms in total. The third-order valence-corrected chi connectivity index (χ3v) is 5.55. The third kappa shape index (κ3) is 3.94. The van der Waals surface area contributed by atoms with Gasteiger partial charge in [0.05, 0.1) is 12.1 Å². The van der Waals surface area contributed by atoms with E-state index in [4.69, 9.17) is 16.3 Å². The highest BCUT2D eigenvalue weighted by Crippen LogP contribution is 2.28. The van der Waals surface area contributed by atoms with Crippen molar-refractivity contribution in [1.82, 2.24) is 14.8 Å². The van der Waals surface area contributed by atoms with Crippen LogP contribution in [0.4, 0.5) is 0 Å². The summed E-state index contributed by atoms with van der Waals surface area (Å²) in [6, 6.07) is 7.60. The second-order valence-electron chi connectivity index (χ2n) is 7.15. The van der Waals surface area contributed by atoms with Crippen LogP contribution in [0.5, 0.6) is 5.75 Å². The second kappa shape index (κ2) is 7.80. The number of nitrogens with zero attached hydrogens (tertiary/aromatic N) is 3. The van der Waals surface area contributed by atoms with Crippen molar-refractivity contribution < 1.29 is 9.53 Å². The van der Waals surface area contributed by atoms with Crippen LogP contribution in [0.25, 0.3) is 10.9 Å². The lowest BCUT2D eigenvalue weighted by Gasteiger charge is -2.32. The van der Waals surface area contributed by atoms with Gasteiger partial charge in [-0.2, -0.15) is 0 Å². The molecule has 1 aromatic heterocycles. The lowest BCUT2D eigenvalue weighted by Crippen LogP contribution is -2.44.